The molecule has 2 aliphatic rings. The number of carbonyl (C=O) groups is 1. The molecule has 0 bridgehead atoms. The van der Waals surface area contributed by atoms with E-state index in [0.717, 1.165) is 55.2 Å². The molecule has 0 radical (unpaired) electrons. The van der Waals surface area contributed by atoms with Gasteiger partial charge in [0.25, 0.3) is 5.91 Å². The predicted octanol–water partition coefficient (Wildman–Crippen LogP) is 4.29. The number of thioether (sulfide) groups is 1. The molecule has 186 valence electrons. The average Bonchev–Trinajstić information content (AvgIpc) is 3.48. The number of anilines is 2. The van der Waals surface area contributed by atoms with Crippen molar-refractivity contribution in [1.82, 2.24) is 19.5 Å². The first-order chi connectivity index (χ1) is 16.7. The normalized spacial score (nSPS) is 18.9. The lowest BCUT2D eigenvalue weighted by Gasteiger charge is -2.35. The summed E-state index contributed by atoms with van der Waals surface area (Å²) in [6, 6.07) is 7.96. The number of likely N-dealkylation sites (tertiary alicyclic amines) is 1. The lowest BCUT2D eigenvalue weighted by molar-refractivity contribution is 0.0607. The van der Waals surface area contributed by atoms with Gasteiger partial charge in [-0.2, -0.15) is 9.61 Å². The first kappa shape index (κ1) is 24.5. The molecule has 1 aromatic carbocycles. The quantitative estimate of drug-likeness (QED) is 0.469. The number of hydrogen-bond donors (Lipinski definition) is 1. The summed E-state index contributed by atoms with van der Waals surface area (Å²) < 4.78 is 28.0. The predicted molar refractivity (Wildman–Crippen MR) is 140 cm³/mol. The van der Waals surface area contributed by atoms with Gasteiger partial charge in [0.1, 0.15) is 11.0 Å². The molecule has 35 heavy (non-hydrogen) atoms. The Balaban J connectivity index is 1.53. The maximum atomic E-state index is 13.7. The molecule has 5 rings (SSSR count). The fraction of sp³-hybridized carbons (Fsp3) is 0.409. The van der Waals surface area contributed by atoms with E-state index in [1.807, 2.05) is 23.9 Å². The van der Waals surface area contributed by atoms with Crippen molar-refractivity contribution in [2.75, 3.05) is 40.6 Å². The maximum Gasteiger partial charge on any atom is 0.256 e. The minimum absolute atomic E-state index is 0.198. The zero-order valence-electron chi connectivity index (χ0n) is 18.9. The Morgan fingerprint density at radius 3 is 2.74 bits per heavy atom. The molecule has 2 fully saturated rings. The van der Waals surface area contributed by atoms with Gasteiger partial charge in [-0.25, -0.2) is 13.4 Å². The van der Waals surface area contributed by atoms with Gasteiger partial charge < -0.3 is 9.80 Å². The van der Waals surface area contributed by atoms with Gasteiger partial charge in [0.15, 0.2) is 5.65 Å². The van der Waals surface area contributed by atoms with Gasteiger partial charge in [0, 0.05) is 36.0 Å². The van der Waals surface area contributed by atoms with Crippen molar-refractivity contribution < 1.29 is 13.2 Å². The Morgan fingerprint density at radius 1 is 1.17 bits per heavy atom. The van der Waals surface area contributed by atoms with Crippen LogP contribution in [0.2, 0.25) is 10.2 Å². The van der Waals surface area contributed by atoms with Crippen molar-refractivity contribution in [1.29, 1.82) is 0 Å². The van der Waals surface area contributed by atoms with Gasteiger partial charge in [-0.1, -0.05) is 23.2 Å². The monoisotopic (exact) mass is 554 g/mol. The number of amides is 1. The molecule has 1 atom stereocenters. The number of nitrogens with zero attached hydrogens (tertiary/aromatic N) is 5. The maximum absolute atomic E-state index is 13.7. The highest BCUT2D eigenvalue weighted by Gasteiger charge is 2.33. The topological polar surface area (TPSA) is 99.9 Å². The number of fused-ring (bicyclic) bond motifs is 1. The Morgan fingerprint density at radius 2 is 2.00 bits per heavy atom. The molecule has 2 aromatic heterocycles. The van der Waals surface area contributed by atoms with Gasteiger partial charge in [0.2, 0.25) is 10.0 Å². The summed E-state index contributed by atoms with van der Waals surface area (Å²) in [5.74, 6) is 2.45. The number of sulfonamides is 1. The first-order valence-electron chi connectivity index (χ1n) is 11.2. The third kappa shape index (κ3) is 5.18. The van der Waals surface area contributed by atoms with Crippen molar-refractivity contribution >= 4 is 68.0 Å². The number of benzene rings is 1. The highest BCUT2D eigenvalue weighted by Crippen LogP contribution is 2.35. The standard InChI is InChI=1S/C22H24Cl2N6O3S2/c1-35(32,33)27-16-6-5-14(23)10-15(16)22(31)29-7-3-2-4-18(29)17-11-20-25-19(24)12-21(30(20)26-17)28-8-9-34-13-28/h5-6,10-12,18,27H,2-4,7-9,13H2,1H3. The Labute approximate surface area is 217 Å². The van der Waals surface area contributed by atoms with Crippen LogP contribution in [-0.2, 0) is 10.0 Å². The first-order valence-corrected chi connectivity index (χ1v) is 15.0. The van der Waals surface area contributed by atoms with Crippen LogP contribution in [0.15, 0.2) is 30.3 Å². The number of hydrogen-bond acceptors (Lipinski definition) is 7. The van der Waals surface area contributed by atoms with Crippen molar-refractivity contribution in [3.63, 3.8) is 0 Å². The molecule has 2 saturated heterocycles. The zero-order chi connectivity index (χ0) is 24.7. The number of aromatic nitrogens is 3. The van der Waals surface area contributed by atoms with E-state index in [-0.39, 0.29) is 23.2 Å². The van der Waals surface area contributed by atoms with Crippen LogP contribution in [0.25, 0.3) is 5.65 Å². The number of piperidine rings is 1. The summed E-state index contributed by atoms with van der Waals surface area (Å²) in [7, 11) is -3.58. The fourth-order valence-corrected chi connectivity index (χ4v) is 6.44. The third-order valence-electron chi connectivity index (χ3n) is 6.09. The van der Waals surface area contributed by atoms with Gasteiger partial charge in [-0.15, -0.1) is 11.8 Å². The zero-order valence-corrected chi connectivity index (χ0v) is 22.1. The van der Waals surface area contributed by atoms with E-state index >= 15 is 0 Å². The Bertz CT molecular complexity index is 1390. The Kier molecular flexibility index (Phi) is 6.77. The summed E-state index contributed by atoms with van der Waals surface area (Å²) in [6.45, 7) is 1.42. The van der Waals surface area contributed by atoms with Crippen LogP contribution in [0.4, 0.5) is 11.5 Å². The van der Waals surface area contributed by atoms with Gasteiger partial charge in [0.05, 0.1) is 35.1 Å². The second-order valence-electron chi connectivity index (χ2n) is 8.65. The SMILES string of the molecule is CS(=O)(=O)Nc1ccc(Cl)cc1C(=O)N1CCCCC1c1cc2nc(Cl)cc(N3CCSC3)n2n1. The molecule has 3 aromatic rings. The lowest BCUT2D eigenvalue weighted by atomic mass is 9.98. The van der Waals surface area contributed by atoms with Crippen LogP contribution >= 0.6 is 35.0 Å². The van der Waals surface area contributed by atoms with Gasteiger partial charge >= 0.3 is 0 Å². The molecular formula is C22H24Cl2N6O3S2. The third-order valence-corrected chi connectivity index (χ3v) is 8.07. The van der Waals surface area contributed by atoms with Crippen molar-refractivity contribution in [2.45, 2.75) is 25.3 Å². The van der Waals surface area contributed by atoms with Crippen molar-refractivity contribution in [3.8, 4) is 0 Å². The molecule has 1 N–H and O–H groups in total. The number of nitrogens with one attached hydrogen (secondary N) is 1. The fourth-order valence-electron chi connectivity index (χ4n) is 4.55. The minimum atomic E-state index is -3.58. The molecular weight excluding hydrogens is 531 g/mol. The second kappa shape index (κ2) is 9.68. The van der Waals surface area contributed by atoms with E-state index in [0.29, 0.717) is 22.4 Å². The van der Waals surface area contributed by atoms with Gasteiger partial charge in [-0.05, 0) is 37.5 Å². The second-order valence-corrected chi connectivity index (χ2v) is 12.3. The van der Waals surface area contributed by atoms with Gasteiger partial charge in [-0.3, -0.25) is 9.52 Å². The van der Waals surface area contributed by atoms with E-state index < -0.39 is 10.0 Å². The van der Waals surface area contributed by atoms with Crippen molar-refractivity contribution in [2.24, 2.45) is 0 Å². The number of halogens is 2. The van der Waals surface area contributed by atoms with E-state index in [1.54, 1.807) is 15.5 Å². The molecule has 1 amide bonds. The van der Waals surface area contributed by atoms with E-state index in [9.17, 15) is 13.2 Å². The van der Waals surface area contributed by atoms with Crippen LogP contribution in [-0.4, -0.2) is 64.8 Å². The summed E-state index contributed by atoms with van der Waals surface area (Å²) in [5, 5.41) is 5.60. The number of rotatable bonds is 5. The molecule has 0 aliphatic carbocycles. The molecule has 1 unspecified atom stereocenters. The van der Waals surface area contributed by atoms with E-state index in [4.69, 9.17) is 28.3 Å². The van der Waals surface area contributed by atoms with E-state index in [2.05, 4.69) is 14.6 Å². The molecule has 0 spiro atoms. The minimum Gasteiger partial charge on any atom is -0.346 e. The van der Waals surface area contributed by atoms with Crippen LogP contribution in [0.5, 0.6) is 0 Å². The molecule has 4 heterocycles. The summed E-state index contributed by atoms with van der Waals surface area (Å²) >= 11 is 14.3. The molecule has 9 nitrogen and oxygen atoms in total. The van der Waals surface area contributed by atoms with Crippen LogP contribution in [0, 0.1) is 0 Å². The Hall–Kier alpha value is -2.21. The van der Waals surface area contributed by atoms with Crippen LogP contribution in [0.1, 0.15) is 41.4 Å². The molecule has 2 aliphatic heterocycles. The molecule has 0 saturated carbocycles. The van der Waals surface area contributed by atoms with Crippen molar-refractivity contribution in [3.05, 3.63) is 51.8 Å². The summed E-state index contributed by atoms with van der Waals surface area (Å²) in [5.41, 5.74) is 1.75. The van der Waals surface area contributed by atoms with Crippen LogP contribution in [0.3, 0.4) is 0 Å². The van der Waals surface area contributed by atoms with E-state index in [1.165, 1.54) is 12.1 Å². The van der Waals surface area contributed by atoms with Crippen LogP contribution < -0.4 is 9.62 Å². The average molecular weight is 556 g/mol. The highest BCUT2D eigenvalue weighted by atomic mass is 35.5. The highest BCUT2D eigenvalue weighted by molar-refractivity contribution is 7.99. The molecule has 13 heteroatoms. The smallest absolute Gasteiger partial charge is 0.256 e. The largest absolute Gasteiger partial charge is 0.346 e. The summed E-state index contributed by atoms with van der Waals surface area (Å²) in [4.78, 5) is 22.1. The number of carbonyl (C=O) groups excluding carboxylic acids is 1. The summed E-state index contributed by atoms with van der Waals surface area (Å²) in [6.07, 6.45) is 3.56. The lowest BCUT2D eigenvalue weighted by Crippen LogP contribution is -2.39.